The molecule has 7 amide bonds. The Balaban J connectivity index is 1.05. The van der Waals surface area contributed by atoms with Gasteiger partial charge in [-0.3, -0.25) is 33.6 Å². The van der Waals surface area contributed by atoms with Crippen molar-refractivity contribution < 1.29 is 33.6 Å². The first-order valence-electron chi connectivity index (χ1n) is 17.8. The van der Waals surface area contributed by atoms with Crippen molar-refractivity contribution in [3.8, 4) is 0 Å². The molecule has 23 nitrogen and oxygen atoms in total. The summed E-state index contributed by atoms with van der Waals surface area (Å²) < 4.78 is 7.40. The van der Waals surface area contributed by atoms with Crippen LogP contribution in [0.25, 0.3) is 0 Å². The number of nitrogen functional groups attached to an aromatic ring is 1. The van der Waals surface area contributed by atoms with Gasteiger partial charge in [-0.05, 0) is 19.1 Å². The Kier molecular flexibility index (Phi) is 12.7. The van der Waals surface area contributed by atoms with Gasteiger partial charge in [-0.1, -0.05) is 0 Å². The maximum absolute atomic E-state index is 13.1. The number of nitrogens with two attached hydrogens (primary N) is 1. The molecule has 5 rings (SSSR count). The molecule has 0 saturated heterocycles. The molecule has 0 aliphatic carbocycles. The predicted octanol–water partition coefficient (Wildman–Crippen LogP) is -0.0822. The third kappa shape index (κ3) is 10.1. The zero-order valence-electron chi connectivity index (χ0n) is 32.6. The molecular weight excluding hydrogens is 756 g/mol. The van der Waals surface area contributed by atoms with Gasteiger partial charge in [-0.15, -0.1) is 0 Å². The number of nitrogens with zero attached hydrogens (tertiary/aromatic N) is 8. The number of imidazole rings is 3. The molecule has 0 unspecified atom stereocenters. The highest BCUT2D eigenvalue weighted by molar-refractivity contribution is 6.05. The monoisotopic (exact) mass is 800 g/mol. The zero-order valence-corrected chi connectivity index (χ0v) is 32.6. The maximum atomic E-state index is 13.1. The largest absolute Gasteiger partial charge is 0.382 e. The molecule has 9 N–H and O–H groups in total. The van der Waals surface area contributed by atoms with Crippen molar-refractivity contribution >= 4 is 70.2 Å². The van der Waals surface area contributed by atoms with Gasteiger partial charge in [0, 0.05) is 98.7 Å². The predicted molar refractivity (Wildman–Crippen MR) is 210 cm³/mol. The second kappa shape index (κ2) is 17.8. The summed E-state index contributed by atoms with van der Waals surface area (Å²) in [7, 11) is 8.06. The first-order valence-corrected chi connectivity index (χ1v) is 17.8. The Morgan fingerprint density at radius 3 is 1.34 bits per heavy atom. The van der Waals surface area contributed by atoms with E-state index in [1.807, 2.05) is 0 Å². The van der Waals surface area contributed by atoms with Crippen LogP contribution in [0.1, 0.15) is 72.6 Å². The van der Waals surface area contributed by atoms with E-state index in [2.05, 4.69) is 52.2 Å². The minimum Gasteiger partial charge on any atom is -0.382 e. The fraction of sp³-hybridized carbons (Fsp3) is 0.314. The number of rotatable bonds is 16. The molecule has 0 aromatic carbocycles. The fourth-order valence-corrected chi connectivity index (χ4v) is 5.68. The van der Waals surface area contributed by atoms with Gasteiger partial charge in [-0.2, -0.15) is 0 Å². The molecular formula is C35H44N16O7. The smallest absolute Gasteiger partial charge is 0.291 e. The molecule has 5 aromatic heterocycles. The quantitative estimate of drug-likeness (QED) is 0.0653. The van der Waals surface area contributed by atoms with Crippen LogP contribution in [0, 0.1) is 0 Å². The van der Waals surface area contributed by atoms with E-state index in [0.717, 1.165) is 0 Å². The minimum absolute atomic E-state index is 0.000890. The van der Waals surface area contributed by atoms with Crippen molar-refractivity contribution in [2.75, 3.05) is 46.6 Å². The van der Waals surface area contributed by atoms with Crippen molar-refractivity contribution in [2.24, 2.45) is 35.2 Å². The van der Waals surface area contributed by atoms with Crippen LogP contribution < -0.4 is 43.0 Å². The van der Waals surface area contributed by atoms with E-state index in [1.165, 1.54) is 59.8 Å². The Labute approximate surface area is 330 Å². The van der Waals surface area contributed by atoms with Crippen LogP contribution in [0.2, 0.25) is 0 Å². The average Bonchev–Trinajstić information content (AvgIpc) is 3.96. The summed E-state index contributed by atoms with van der Waals surface area (Å²) in [4.78, 5) is 101. The van der Waals surface area contributed by atoms with Gasteiger partial charge in [0.15, 0.2) is 11.6 Å². The van der Waals surface area contributed by atoms with Crippen LogP contribution in [0.4, 0.5) is 28.8 Å². The highest BCUT2D eigenvalue weighted by atomic mass is 16.2. The molecule has 0 bridgehead atoms. The molecule has 5 heterocycles. The summed E-state index contributed by atoms with van der Waals surface area (Å²) in [6.45, 7) is 2.19. The van der Waals surface area contributed by atoms with Crippen molar-refractivity contribution in [3.63, 3.8) is 0 Å². The molecule has 0 aliphatic rings. The van der Waals surface area contributed by atoms with Crippen LogP contribution in [0.3, 0.4) is 0 Å². The van der Waals surface area contributed by atoms with E-state index < -0.39 is 35.4 Å². The van der Waals surface area contributed by atoms with E-state index in [9.17, 15) is 33.6 Å². The molecule has 5 aromatic rings. The van der Waals surface area contributed by atoms with Gasteiger partial charge in [0.1, 0.15) is 17.2 Å². The van der Waals surface area contributed by atoms with Gasteiger partial charge in [0.25, 0.3) is 29.5 Å². The summed E-state index contributed by atoms with van der Waals surface area (Å²) in [5.74, 6) is -2.66. The second-order valence-corrected chi connectivity index (χ2v) is 13.0. The number of nitrogens with one attached hydrogen (secondary N) is 7. The zero-order chi connectivity index (χ0) is 42.3. The molecule has 306 valence electrons. The molecule has 0 fully saturated rings. The summed E-state index contributed by atoms with van der Waals surface area (Å²) in [5, 5.41) is 18.5. The lowest BCUT2D eigenvalue weighted by Gasteiger charge is -2.06. The molecule has 58 heavy (non-hydrogen) atoms. The third-order valence-corrected chi connectivity index (χ3v) is 8.40. The lowest BCUT2D eigenvalue weighted by atomic mass is 10.3. The number of amides is 7. The molecule has 0 radical (unpaired) electrons. The first-order chi connectivity index (χ1) is 27.5. The third-order valence-electron chi connectivity index (χ3n) is 8.40. The van der Waals surface area contributed by atoms with Crippen molar-refractivity contribution in [1.29, 1.82) is 0 Å². The number of hydrogen-bond acceptors (Lipinski definition) is 11. The van der Waals surface area contributed by atoms with Crippen LogP contribution in [-0.2, 0) is 44.8 Å². The Morgan fingerprint density at radius 2 is 0.931 bits per heavy atom. The standard InChI is InChI=1S/C35H44N16O7/c1-7-37-33(56)28-45-24(17-50(28)5)43-26(52)8-10-38-32(55)22-13-20(15-48(22)3)41-35(58)30-46-25(18-51(30)6)44-27(53)9-11-39-31(54)21-12-19(14-47(21)2)40-34(57)29-42-23(36)16-49(29)4/h12-18H,7-11,36H2,1-6H3,(H,37,56)(H,38,55)(H,39,54)(H,40,57)(H,41,58)(H,43,52)(H,44,53). The summed E-state index contributed by atoms with van der Waals surface area (Å²) >= 11 is 0. The van der Waals surface area contributed by atoms with E-state index in [4.69, 9.17) is 5.73 Å². The highest BCUT2D eigenvalue weighted by Crippen LogP contribution is 2.17. The van der Waals surface area contributed by atoms with Crippen molar-refractivity contribution in [1.82, 2.24) is 53.7 Å². The van der Waals surface area contributed by atoms with Crippen LogP contribution in [0.15, 0.2) is 43.1 Å². The lowest BCUT2D eigenvalue weighted by molar-refractivity contribution is -0.116. The second-order valence-electron chi connectivity index (χ2n) is 13.0. The highest BCUT2D eigenvalue weighted by Gasteiger charge is 2.21. The van der Waals surface area contributed by atoms with Gasteiger partial charge in [-0.25, -0.2) is 15.0 Å². The van der Waals surface area contributed by atoms with Gasteiger partial charge in [0.2, 0.25) is 29.3 Å². The SMILES string of the molecule is CCNC(=O)c1nc(NC(=O)CCNC(=O)c2cc(NC(=O)c3nc(NC(=O)CCNC(=O)c4cc(NC(=O)c5nc(N)cn5C)cn4C)cn3C)cn2C)cn1C. The summed E-state index contributed by atoms with van der Waals surface area (Å²) in [6, 6.07) is 2.93. The average molecular weight is 801 g/mol. The number of hydrogen-bond donors (Lipinski definition) is 8. The summed E-state index contributed by atoms with van der Waals surface area (Å²) in [5.41, 5.74) is 6.74. The Bertz CT molecular complexity index is 2390. The van der Waals surface area contributed by atoms with Crippen LogP contribution >= 0.6 is 0 Å². The normalized spacial score (nSPS) is 10.8. The number of carbonyl (C=O) groups is 7. The van der Waals surface area contributed by atoms with Gasteiger partial charge < -0.3 is 65.8 Å². The van der Waals surface area contributed by atoms with E-state index in [-0.39, 0.29) is 78.2 Å². The molecule has 0 spiro atoms. The van der Waals surface area contributed by atoms with Crippen molar-refractivity contribution in [3.05, 3.63) is 72.0 Å². The van der Waals surface area contributed by atoms with E-state index >= 15 is 0 Å². The molecule has 0 atom stereocenters. The Hall–Kier alpha value is -7.72. The summed E-state index contributed by atoms with van der Waals surface area (Å²) in [6.07, 6.45) is 7.35. The van der Waals surface area contributed by atoms with E-state index in [1.54, 1.807) is 48.4 Å². The molecule has 0 aliphatic heterocycles. The number of aryl methyl sites for hydroxylation is 5. The number of carbonyl (C=O) groups excluding carboxylic acids is 7. The molecule has 23 heteroatoms. The molecule has 0 saturated carbocycles. The van der Waals surface area contributed by atoms with Gasteiger partial charge >= 0.3 is 0 Å². The Morgan fingerprint density at radius 1 is 0.517 bits per heavy atom. The first kappa shape index (κ1) is 41.4. The van der Waals surface area contributed by atoms with Crippen molar-refractivity contribution in [2.45, 2.75) is 19.8 Å². The maximum Gasteiger partial charge on any atom is 0.291 e. The minimum atomic E-state index is -0.614. The fourth-order valence-electron chi connectivity index (χ4n) is 5.68. The lowest BCUT2D eigenvalue weighted by Crippen LogP contribution is -2.29. The topological polar surface area (TPSA) is 293 Å². The number of aromatic nitrogens is 8. The van der Waals surface area contributed by atoms with Gasteiger partial charge in [0.05, 0.1) is 11.4 Å². The van der Waals surface area contributed by atoms with Crippen LogP contribution in [-0.4, -0.2) is 98.8 Å². The number of anilines is 5. The van der Waals surface area contributed by atoms with Crippen LogP contribution in [0.5, 0.6) is 0 Å². The van der Waals surface area contributed by atoms with E-state index in [0.29, 0.717) is 17.9 Å².